The summed E-state index contributed by atoms with van der Waals surface area (Å²) in [6.45, 7) is 9.40. The summed E-state index contributed by atoms with van der Waals surface area (Å²) in [5.74, 6) is 0.922. The molecule has 2 heteroatoms. The fourth-order valence-electron chi connectivity index (χ4n) is 2.54. The monoisotopic (exact) mass is 283 g/mol. The van der Waals surface area contributed by atoms with E-state index in [-0.39, 0.29) is 6.10 Å². The summed E-state index contributed by atoms with van der Waals surface area (Å²) in [6, 6.07) is 17.3. The van der Waals surface area contributed by atoms with Gasteiger partial charge in [-0.3, -0.25) is 0 Å². The third kappa shape index (κ3) is 4.08. The van der Waals surface area contributed by atoms with Crippen LogP contribution in [0.25, 0.3) is 11.1 Å². The molecule has 2 nitrogen and oxygen atoms in total. The second-order valence-corrected chi connectivity index (χ2v) is 5.56. The van der Waals surface area contributed by atoms with Gasteiger partial charge in [-0.25, -0.2) is 0 Å². The van der Waals surface area contributed by atoms with Gasteiger partial charge in [0.05, 0.1) is 6.10 Å². The van der Waals surface area contributed by atoms with Crippen LogP contribution in [0, 0.1) is 0 Å². The van der Waals surface area contributed by atoms with Crippen molar-refractivity contribution in [3.05, 3.63) is 54.1 Å². The molecule has 1 atom stereocenters. The fourth-order valence-corrected chi connectivity index (χ4v) is 2.54. The molecule has 2 aromatic rings. The Morgan fingerprint density at radius 3 is 2.24 bits per heavy atom. The van der Waals surface area contributed by atoms with Crippen LogP contribution >= 0.6 is 0 Å². The van der Waals surface area contributed by atoms with E-state index in [0.29, 0.717) is 6.04 Å². The molecule has 0 saturated carbocycles. The molecule has 0 bridgehead atoms. The van der Waals surface area contributed by atoms with Gasteiger partial charge < -0.3 is 10.1 Å². The lowest BCUT2D eigenvalue weighted by Gasteiger charge is -2.18. The van der Waals surface area contributed by atoms with Gasteiger partial charge >= 0.3 is 0 Å². The lowest BCUT2D eigenvalue weighted by atomic mass is 9.95. The van der Waals surface area contributed by atoms with Crippen molar-refractivity contribution < 1.29 is 4.74 Å². The molecular weight excluding hydrogens is 258 g/mol. The first-order valence-electron chi connectivity index (χ1n) is 7.71. The van der Waals surface area contributed by atoms with Crippen LogP contribution in [0.2, 0.25) is 0 Å². The number of nitrogens with one attached hydrogen (secondary N) is 1. The van der Waals surface area contributed by atoms with Gasteiger partial charge in [0, 0.05) is 6.04 Å². The molecule has 0 aromatic heterocycles. The molecule has 0 aliphatic rings. The van der Waals surface area contributed by atoms with Crippen LogP contribution in [0.1, 0.15) is 39.3 Å². The van der Waals surface area contributed by atoms with Gasteiger partial charge in [-0.05, 0) is 56.1 Å². The van der Waals surface area contributed by atoms with E-state index >= 15 is 0 Å². The minimum atomic E-state index is 0.205. The summed E-state index contributed by atoms with van der Waals surface area (Å²) in [4.78, 5) is 0. The number of benzene rings is 2. The molecular formula is C19H25NO. The van der Waals surface area contributed by atoms with Crippen LogP contribution in [0.15, 0.2) is 48.5 Å². The Hall–Kier alpha value is -1.80. The minimum absolute atomic E-state index is 0.205. The second kappa shape index (κ2) is 7.28. The molecule has 0 amide bonds. The number of ether oxygens (including phenoxy) is 1. The zero-order valence-corrected chi connectivity index (χ0v) is 13.4. The van der Waals surface area contributed by atoms with Crippen LogP contribution in [-0.2, 0) is 0 Å². The zero-order valence-electron chi connectivity index (χ0n) is 13.4. The first-order valence-corrected chi connectivity index (χ1v) is 7.71. The normalized spacial score (nSPS) is 12.4. The third-order valence-corrected chi connectivity index (χ3v) is 3.47. The first-order chi connectivity index (χ1) is 10.1. The van der Waals surface area contributed by atoms with Gasteiger partial charge in [-0.2, -0.15) is 0 Å². The molecule has 0 heterocycles. The van der Waals surface area contributed by atoms with Crippen molar-refractivity contribution in [3.63, 3.8) is 0 Å². The van der Waals surface area contributed by atoms with Crippen molar-refractivity contribution in [2.24, 2.45) is 0 Å². The maximum absolute atomic E-state index is 5.71. The highest BCUT2D eigenvalue weighted by Gasteiger charge is 2.10. The van der Waals surface area contributed by atoms with Crippen molar-refractivity contribution in [3.8, 4) is 16.9 Å². The van der Waals surface area contributed by atoms with Crippen molar-refractivity contribution >= 4 is 0 Å². The van der Waals surface area contributed by atoms with E-state index in [1.54, 1.807) is 0 Å². The Balaban J connectivity index is 2.29. The van der Waals surface area contributed by atoms with Crippen LogP contribution < -0.4 is 10.1 Å². The van der Waals surface area contributed by atoms with Gasteiger partial charge in [0.1, 0.15) is 5.75 Å². The zero-order chi connectivity index (χ0) is 15.2. The smallest absolute Gasteiger partial charge is 0.119 e. The van der Waals surface area contributed by atoms with E-state index in [4.69, 9.17) is 4.74 Å². The van der Waals surface area contributed by atoms with Crippen LogP contribution in [-0.4, -0.2) is 12.6 Å². The van der Waals surface area contributed by atoms with E-state index in [1.807, 2.05) is 26.0 Å². The third-order valence-electron chi connectivity index (χ3n) is 3.47. The summed E-state index contributed by atoms with van der Waals surface area (Å²) in [6.07, 6.45) is 0.205. The highest BCUT2D eigenvalue weighted by Crippen LogP contribution is 2.29. The quantitative estimate of drug-likeness (QED) is 0.821. The summed E-state index contributed by atoms with van der Waals surface area (Å²) in [7, 11) is 0. The van der Waals surface area contributed by atoms with E-state index in [9.17, 15) is 0 Å². The summed E-state index contributed by atoms with van der Waals surface area (Å²) in [5.41, 5.74) is 3.84. The molecule has 0 fully saturated rings. The summed E-state index contributed by atoms with van der Waals surface area (Å²) >= 11 is 0. The Morgan fingerprint density at radius 2 is 1.62 bits per heavy atom. The van der Waals surface area contributed by atoms with E-state index < -0.39 is 0 Å². The molecule has 21 heavy (non-hydrogen) atoms. The second-order valence-electron chi connectivity index (χ2n) is 5.56. The molecule has 0 radical (unpaired) electrons. The molecule has 2 rings (SSSR count). The van der Waals surface area contributed by atoms with Gasteiger partial charge in [-0.15, -0.1) is 0 Å². The molecule has 0 spiro atoms. The molecule has 112 valence electrons. The van der Waals surface area contributed by atoms with E-state index in [2.05, 4.69) is 55.6 Å². The van der Waals surface area contributed by atoms with Crippen molar-refractivity contribution in [2.75, 3.05) is 6.54 Å². The Kier molecular flexibility index (Phi) is 5.40. The summed E-state index contributed by atoms with van der Waals surface area (Å²) in [5, 5.41) is 3.48. The van der Waals surface area contributed by atoms with Crippen LogP contribution in [0.5, 0.6) is 5.75 Å². The minimum Gasteiger partial charge on any atom is -0.491 e. The molecule has 0 aliphatic heterocycles. The van der Waals surface area contributed by atoms with Crippen LogP contribution in [0.4, 0.5) is 0 Å². The highest BCUT2D eigenvalue weighted by molar-refractivity contribution is 5.68. The molecule has 2 aromatic carbocycles. The van der Waals surface area contributed by atoms with Gasteiger partial charge in [0.2, 0.25) is 0 Å². The van der Waals surface area contributed by atoms with E-state index in [0.717, 1.165) is 12.3 Å². The SMILES string of the molecule is CCNC(C)c1ccccc1-c1ccc(OC(C)C)cc1. The maximum atomic E-state index is 5.71. The molecule has 1 N–H and O–H groups in total. The first kappa shape index (κ1) is 15.6. The standard InChI is InChI=1S/C19H25NO/c1-5-20-15(4)18-8-6-7-9-19(18)16-10-12-17(13-11-16)21-14(2)3/h6-15,20H,5H2,1-4H3. The summed E-state index contributed by atoms with van der Waals surface area (Å²) < 4.78 is 5.71. The van der Waals surface area contributed by atoms with Crippen molar-refractivity contribution in [1.29, 1.82) is 0 Å². The number of hydrogen-bond acceptors (Lipinski definition) is 2. The van der Waals surface area contributed by atoms with Crippen molar-refractivity contribution in [2.45, 2.75) is 39.8 Å². The Bertz CT molecular complexity index is 560. The lowest BCUT2D eigenvalue weighted by Crippen LogP contribution is -2.18. The van der Waals surface area contributed by atoms with Gasteiger partial charge in [-0.1, -0.05) is 43.3 Å². The molecule has 0 saturated heterocycles. The Labute approximate surface area is 128 Å². The Morgan fingerprint density at radius 1 is 0.952 bits per heavy atom. The van der Waals surface area contributed by atoms with Gasteiger partial charge in [0.15, 0.2) is 0 Å². The lowest BCUT2D eigenvalue weighted by molar-refractivity contribution is 0.242. The predicted octanol–water partition coefficient (Wildman–Crippen LogP) is 4.81. The predicted molar refractivity (Wildman–Crippen MR) is 89.7 cm³/mol. The topological polar surface area (TPSA) is 21.3 Å². The fraction of sp³-hybridized carbons (Fsp3) is 0.368. The highest BCUT2D eigenvalue weighted by atomic mass is 16.5. The maximum Gasteiger partial charge on any atom is 0.119 e. The van der Waals surface area contributed by atoms with Gasteiger partial charge in [0.25, 0.3) is 0 Å². The van der Waals surface area contributed by atoms with Crippen molar-refractivity contribution in [1.82, 2.24) is 5.32 Å². The average molecular weight is 283 g/mol. The molecule has 1 unspecified atom stereocenters. The number of hydrogen-bond donors (Lipinski definition) is 1. The number of rotatable bonds is 6. The molecule has 0 aliphatic carbocycles. The largest absolute Gasteiger partial charge is 0.491 e. The average Bonchev–Trinajstić information content (AvgIpc) is 2.48. The van der Waals surface area contributed by atoms with Crippen LogP contribution in [0.3, 0.4) is 0 Å². The van der Waals surface area contributed by atoms with E-state index in [1.165, 1.54) is 16.7 Å².